The van der Waals surface area contributed by atoms with Gasteiger partial charge in [-0.3, -0.25) is 9.48 Å². The highest BCUT2D eigenvalue weighted by Crippen LogP contribution is 2.29. The average Bonchev–Trinajstić information content (AvgIpc) is 2.54. The maximum absolute atomic E-state index is 13.1. The fourth-order valence-electron chi connectivity index (χ4n) is 2.02. The van der Waals surface area contributed by atoms with Crippen molar-refractivity contribution in [3.8, 4) is 11.1 Å². The summed E-state index contributed by atoms with van der Waals surface area (Å²) in [7, 11) is 1.84. The first kappa shape index (κ1) is 11.5. The molecule has 17 heavy (non-hydrogen) atoms. The Morgan fingerprint density at radius 1 is 1.35 bits per heavy atom. The molecule has 0 amide bonds. The van der Waals surface area contributed by atoms with Gasteiger partial charge < -0.3 is 0 Å². The molecule has 0 spiro atoms. The van der Waals surface area contributed by atoms with Crippen LogP contribution in [0.3, 0.4) is 0 Å². The molecule has 1 aromatic carbocycles. The number of hydrogen-bond donors (Lipinski definition) is 0. The van der Waals surface area contributed by atoms with Gasteiger partial charge in [0, 0.05) is 23.9 Å². The first-order chi connectivity index (χ1) is 8.04. The summed E-state index contributed by atoms with van der Waals surface area (Å²) in [4.78, 5) is 11.0. The van der Waals surface area contributed by atoms with Crippen LogP contribution in [0.5, 0.6) is 0 Å². The van der Waals surface area contributed by atoms with Crippen molar-refractivity contribution in [3.05, 3.63) is 41.0 Å². The molecule has 0 fully saturated rings. The van der Waals surface area contributed by atoms with E-state index in [4.69, 9.17) is 0 Å². The number of aldehydes is 1. The number of carbonyl (C=O) groups excluding carboxylic acids is 1. The summed E-state index contributed by atoms with van der Waals surface area (Å²) >= 11 is 0. The van der Waals surface area contributed by atoms with Gasteiger partial charge in [0.05, 0.1) is 5.69 Å². The van der Waals surface area contributed by atoms with Crippen LogP contribution < -0.4 is 0 Å². The summed E-state index contributed by atoms with van der Waals surface area (Å²) in [5.41, 5.74) is 3.76. The molecule has 0 saturated carbocycles. The van der Waals surface area contributed by atoms with Crippen molar-refractivity contribution in [2.24, 2.45) is 7.05 Å². The third-order valence-corrected chi connectivity index (χ3v) is 2.92. The average molecular weight is 232 g/mol. The van der Waals surface area contributed by atoms with E-state index >= 15 is 0 Å². The van der Waals surface area contributed by atoms with Crippen LogP contribution in [0.25, 0.3) is 11.1 Å². The van der Waals surface area contributed by atoms with Crippen molar-refractivity contribution in [1.29, 1.82) is 0 Å². The monoisotopic (exact) mass is 232 g/mol. The summed E-state index contributed by atoms with van der Waals surface area (Å²) in [6.45, 7) is 3.80. The topological polar surface area (TPSA) is 34.9 Å². The fraction of sp³-hybridized carbons (Fsp3) is 0.231. The quantitative estimate of drug-likeness (QED) is 0.746. The van der Waals surface area contributed by atoms with Gasteiger partial charge in [0.2, 0.25) is 0 Å². The molecular weight excluding hydrogens is 219 g/mol. The molecule has 0 aliphatic heterocycles. The molecule has 0 atom stereocenters. The molecular formula is C13H13FN2O. The molecule has 4 heteroatoms. The second-order valence-corrected chi connectivity index (χ2v) is 4.02. The standard InChI is InChI=1S/C13H13FN2O/c1-8-13(9(2)16(3)15-8)12-5-4-11(14)6-10(12)7-17/h4-7H,1-3H3. The molecule has 0 saturated heterocycles. The molecule has 0 N–H and O–H groups in total. The van der Waals surface area contributed by atoms with Crippen LogP contribution in [-0.2, 0) is 7.05 Å². The summed E-state index contributed by atoms with van der Waals surface area (Å²) in [5, 5.41) is 4.29. The minimum Gasteiger partial charge on any atom is -0.298 e. The van der Waals surface area contributed by atoms with Gasteiger partial charge in [-0.25, -0.2) is 4.39 Å². The van der Waals surface area contributed by atoms with E-state index in [2.05, 4.69) is 5.10 Å². The van der Waals surface area contributed by atoms with Crippen molar-refractivity contribution in [2.75, 3.05) is 0 Å². The van der Waals surface area contributed by atoms with Crippen molar-refractivity contribution < 1.29 is 9.18 Å². The number of rotatable bonds is 2. The lowest BCUT2D eigenvalue weighted by Gasteiger charge is -2.05. The molecule has 1 aromatic heterocycles. The minimum absolute atomic E-state index is 0.351. The fourth-order valence-corrected chi connectivity index (χ4v) is 2.02. The number of benzene rings is 1. The summed E-state index contributed by atoms with van der Waals surface area (Å²) < 4.78 is 14.8. The second kappa shape index (κ2) is 4.13. The number of carbonyl (C=O) groups is 1. The first-order valence-corrected chi connectivity index (χ1v) is 5.30. The van der Waals surface area contributed by atoms with Crippen molar-refractivity contribution >= 4 is 6.29 Å². The molecule has 2 rings (SSSR count). The zero-order valence-corrected chi connectivity index (χ0v) is 9.99. The van der Waals surface area contributed by atoms with Gasteiger partial charge in [-0.1, -0.05) is 6.07 Å². The summed E-state index contributed by atoms with van der Waals surface area (Å²) in [5.74, 6) is -0.407. The normalized spacial score (nSPS) is 10.6. The number of nitrogens with zero attached hydrogens (tertiary/aromatic N) is 2. The Labute approximate surface area is 98.9 Å². The Balaban J connectivity index is 2.72. The molecule has 0 unspecified atom stereocenters. The third kappa shape index (κ3) is 1.86. The van der Waals surface area contributed by atoms with Crippen LogP contribution in [0.4, 0.5) is 4.39 Å². The number of aryl methyl sites for hydroxylation is 2. The molecule has 3 nitrogen and oxygen atoms in total. The van der Waals surface area contributed by atoms with E-state index in [-0.39, 0.29) is 0 Å². The van der Waals surface area contributed by atoms with E-state index in [1.807, 2.05) is 20.9 Å². The Morgan fingerprint density at radius 3 is 2.59 bits per heavy atom. The highest BCUT2D eigenvalue weighted by molar-refractivity contribution is 5.88. The van der Waals surface area contributed by atoms with E-state index in [0.717, 1.165) is 22.5 Å². The van der Waals surface area contributed by atoms with Gasteiger partial charge in [0.25, 0.3) is 0 Å². The van der Waals surface area contributed by atoms with Crippen LogP contribution in [0.2, 0.25) is 0 Å². The first-order valence-electron chi connectivity index (χ1n) is 5.30. The van der Waals surface area contributed by atoms with Gasteiger partial charge in [-0.05, 0) is 31.5 Å². The van der Waals surface area contributed by atoms with E-state index in [1.165, 1.54) is 12.1 Å². The number of halogens is 1. The van der Waals surface area contributed by atoms with E-state index in [1.54, 1.807) is 10.7 Å². The molecule has 0 aliphatic rings. The molecule has 0 aliphatic carbocycles. The maximum Gasteiger partial charge on any atom is 0.150 e. The van der Waals surface area contributed by atoms with Crippen LogP contribution >= 0.6 is 0 Å². The highest BCUT2D eigenvalue weighted by Gasteiger charge is 2.15. The highest BCUT2D eigenvalue weighted by atomic mass is 19.1. The summed E-state index contributed by atoms with van der Waals surface area (Å²) in [6.07, 6.45) is 0.671. The summed E-state index contributed by atoms with van der Waals surface area (Å²) in [6, 6.07) is 4.22. The van der Waals surface area contributed by atoms with Crippen LogP contribution in [-0.4, -0.2) is 16.1 Å². The largest absolute Gasteiger partial charge is 0.298 e. The number of hydrogen-bond acceptors (Lipinski definition) is 2. The van der Waals surface area contributed by atoms with Gasteiger partial charge in [0.1, 0.15) is 5.82 Å². The Hall–Kier alpha value is -1.97. The van der Waals surface area contributed by atoms with E-state index < -0.39 is 5.82 Å². The minimum atomic E-state index is -0.407. The number of aromatic nitrogens is 2. The molecule has 1 heterocycles. The molecule has 0 bridgehead atoms. The molecule has 88 valence electrons. The Bertz CT molecular complexity index is 587. The van der Waals surface area contributed by atoms with Crippen LogP contribution in [0, 0.1) is 19.7 Å². The third-order valence-electron chi connectivity index (χ3n) is 2.92. The smallest absolute Gasteiger partial charge is 0.150 e. The van der Waals surface area contributed by atoms with Crippen molar-refractivity contribution in [2.45, 2.75) is 13.8 Å². The second-order valence-electron chi connectivity index (χ2n) is 4.02. The lowest BCUT2D eigenvalue weighted by atomic mass is 9.99. The molecule has 0 radical (unpaired) electrons. The van der Waals surface area contributed by atoms with Gasteiger partial charge in [-0.2, -0.15) is 5.10 Å². The van der Waals surface area contributed by atoms with Gasteiger partial charge in [-0.15, -0.1) is 0 Å². The van der Waals surface area contributed by atoms with Crippen LogP contribution in [0.1, 0.15) is 21.7 Å². The van der Waals surface area contributed by atoms with Crippen LogP contribution in [0.15, 0.2) is 18.2 Å². The Kier molecular flexibility index (Phi) is 2.79. The molecule has 2 aromatic rings. The maximum atomic E-state index is 13.1. The zero-order chi connectivity index (χ0) is 12.6. The van der Waals surface area contributed by atoms with Crippen molar-refractivity contribution in [3.63, 3.8) is 0 Å². The Morgan fingerprint density at radius 2 is 2.06 bits per heavy atom. The van der Waals surface area contributed by atoms with E-state index in [0.29, 0.717) is 11.8 Å². The van der Waals surface area contributed by atoms with Gasteiger partial charge >= 0.3 is 0 Å². The lowest BCUT2D eigenvalue weighted by molar-refractivity contribution is 0.112. The SMILES string of the molecule is Cc1nn(C)c(C)c1-c1ccc(F)cc1C=O. The van der Waals surface area contributed by atoms with E-state index in [9.17, 15) is 9.18 Å². The predicted molar refractivity (Wildman–Crippen MR) is 63.5 cm³/mol. The lowest BCUT2D eigenvalue weighted by Crippen LogP contribution is -1.94. The van der Waals surface area contributed by atoms with Gasteiger partial charge in [0.15, 0.2) is 6.29 Å². The predicted octanol–water partition coefficient (Wildman–Crippen LogP) is 2.66. The zero-order valence-electron chi connectivity index (χ0n) is 9.99. The van der Waals surface area contributed by atoms with Crippen molar-refractivity contribution in [1.82, 2.24) is 9.78 Å².